The zero-order chi connectivity index (χ0) is 23.0. The second-order valence-corrected chi connectivity index (χ2v) is 12.4. The molecule has 1 aromatic heterocycles. The third kappa shape index (κ3) is 3.65. The summed E-state index contributed by atoms with van der Waals surface area (Å²) >= 11 is 0. The number of Topliss-reactive ketones (excluding diaryl/α,β-unsaturated/α-hetero) is 1. The molecule has 186 valence electrons. The van der Waals surface area contributed by atoms with Crippen LogP contribution >= 0.6 is 0 Å². The molecular weight excluding hydrogens is 422 g/mol. The fourth-order valence-electron chi connectivity index (χ4n) is 9.00. The second-order valence-electron chi connectivity index (χ2n) is 12.4. The summed E-state index contributed by atoms with van der Waals surface area (Å²) in [6.07, 6.45) is 10.4. The van der Waals surface area contributed by atoms with Gasteiger partial charge in [0.25, 0.3) is 0 Å². The SMILES string of the molecule is C.C[C@@H](C(=O)[C@H]1CC[C@H]2[C@@H]3CC[C@H]4C[C@](C)(O)CC[C@@H]4[C@H]3CC[C@]12C)n1nc2ccccc2n1. The lowest BCUT2D eigenvalue weighted by Gasteiger charge is -2.57. The Hall–Kier alpha value is -1.75. The van der Waals surface area contributed by atoms with E-state index in [4.69, 9.17) is 0 Å². The van der Waals surface area contributed by atoms with Crippen LogP contribution < -0.4 is 0 Å². The van der Waals surface area contributed by atoms with E-state index in [9.17, 15) is 9.90 Å². The molecular formula is C29H43N3O2. The standard InChI is InChI=1S/C28H39N3O2.CH4/c1-17(31-29-24-6-4-5-7-25(24)30-31)26(32)23-11-10-22-21-9-8-18-16-27(2,33)14-12-19(18)20(21)13-15-28(22,23)3;/h4-7,17-23,33H,8-16H2,1-3H3;1H4/t17-,18-,19-,20+,21+,22-,23+,27+,28-;/m0./s1. The van der Waals surface area contributed by atoms with Gasteiger partial charge in [0.2, 0.25) is 0 Å². The van der Waals surface area contributed by atoms with Crippen molar-refractivity contribution in [1.82, 2.24) is 15.0 Å². The van der Waals surface area contributed by atoms with Crippen LogP contribution in [-0.2, 0) is 4.79 Å². The molecule has 4 saturated carbocycles. The van der Waals surface area contributed by atoms with Gasteiger partial charge in [-0.05, 0) is 119 Å². The predicted molar refractivity (Wildman–Crippen MR) is 135 cm³/mol. The molecule has 1 heterocycles. The lowest BCUT2D eigenvalue weighted by molar-refractivity contribution is -0.135. The molecule has 4 aliphatic rings. The van der Waals surface area contributed by atoms with Gasteiger partial charge >= 0.3 is 0 Å². The minimum atomic E-state index is -0.455. The molecule has 4 aliphatic carbocycles. The number of hydrogen-bond acceptors (Lipinski definition) is 4. The first kappa shape index (κ1) is 24.0. The van der Waals surface area contributed by atoms with Crippen LogP contribution in [0.4, 0.5) is 0 Å². The average Bonchev–Trinajstić information content (AvgIpc) is 3.38. The van der Waals surface area contributed by atoms with Crippen LogP contribution in [0.15, 0.2) is 24.3 Å². The van der Waals surface area contributed by atoms with Crippen molar-refractivity contribution in [1.29, 1.82) is 0 Å². The highest BCUT2D eigenvalue weighted by Gasteiger charge is 2.59. The fourth-order valence-corrected chi connectivity index (χ4v) is 9.00. The lowest BCUT2D eigenvalue weighted by atomic mass is 9.49. The molecule has 1 N–H and O–H groups in total. The van der Waals surface area contributed by atoms with Gasteiger partial charge in [-0.1, -0.05) is 26.5 Å². The number of carbonyl (C=O) groups excluding carboxylic acids is 1. The van der Waals surface area contributed by atoms with Crippen LogP contribution in [0.1, 0.15) is 92.0 Å². The molecule has 0 radical (unpaired) electrons. The van der Waals surface area contributed by atoms with E-state index < -0.39 is 5.60 Å². The Morgan fingerprint density at radius 1 is 0.971 bits per heavy atom. The molecule has 9 atom stereocenters. The third-order valence-corrected chi connectivity index (χ3v) is 10.6. The molecule has 0 unspecified atom stereocenters. The summed E-state index contributed by atoms with van der Waals surface area (Å²) in [4.78, 5) is 15.5. The molecule has 4 fully saturated rings. The number of rotatable bonds is 3. The smallest absolute Gasteiger partial charge is 0.162 e. The van der Waals surface area contributed by atoms with Gasteiger partial charge in [0.15, 0.2) is 5.78 Å². The maximum absolute atomic E-state index is 13.8. The molecule has 1 aromatic carbocycles. The highest BCUT2D eigenvalue weighted by molar-refractivity contribution is 5.86. The van der Waals surface area contributed by atoms with Crippen LogP contribution in [0.2, 0.25) is 0 Å². The lowest BCUT2D eigenvalue weighted by Crippen LogP contribution is -2.51. The zero-order valence-electron chi connectivity index (χ0n) is 20.4. The van der Waals surface area contributed by atoms with Gasteiger partial charge in [-0.3, -0.25) is 4.79 Å². The number of aromatic nitrogens is 3. The number of carbonyl (C=O) groups is 1. The first-order valence-electron chi connectivity index (χ1n) is 13.3. The zero-order valence-corrected chi connectivity index (χ0v) is 20.4. The first-order chi connectivity index (χ1) is 15.8. The molecule has 34 heavy (non-hydrogen) atoms. The quantitative estimate of drug-likeness (QED) is 0.584. The Morgan fingerprint density at radius 3 is 2.35 bits per heavy atom. The van der Waals surface area contributed by atoms with E-state index in [1.165, 1.54) is 38.5 Å². The van der Waals surface area contributed by atoms with E-state index in [2.05, 4.69) is 17.1 Å². The minimum Gasteiger partial charge on any atom is -0.390 e. The molecule has 5 heteroatoms. The van der Waals surface area contributed by atoms with E-state index in [1.807, 2.05) is 38.1 Å². The maximum atomic E-state index is 13.8. The average molecular weight is 466 g/mol. The number of nitrogens with zero attached hydrogens (tertiary/aromatic N) is 3. The highest BCUT2D eigenvalue weighted by atomic mass is 16.3. The number of benzene rings is 1. The Morgan fingerprint density at radius 2 is 1.65 bits per heavy atom. The van der Waals surface area contributed by atoms with Gasteiger partial charge in [-0.2, -0.15) is 15.0 Å². The van der Waals surface area contributed by atoms with Gasteiger partial charge in [0.1, 0.15) is 17.1 Å². The Bertz CT molecular complexity index is 1030. The van der Waals surface area contributed by atoms with Crippen LogP contribution in [0.3, 0.4) is 0 Å². The monoisotopic (exact) mass is 465 g/mol. The van der Waals surface area contributed by atoms with E-state index in [-0.39, 0.29) is 24.8 Å². The normalized spacial score (nSPS) is 42.2. The van der Waals surface area contributed by atoms with Crippen molar-refractivity contribution in [2.45, 2.75) is 97.6 Å². The number of fused-ring (bicyclic) bond motifs is 6. The van der Waals surface area contributed by atoms with Gasteiger partial charge in [-0.15, -0.1) is 0 Å². The summed E-state index contributed by atoms with van der Waals surface area (Å²) in [5.74, 6) is 4.21. The van der Waals surface area contributed by atoms with Gasteiger partial charge in [-0.25, -0.2) is 0 Å². The summed E-state index contributed by atoms with van der Waals surface area (Å²) < 4.78 is 0. The van der Waals surface area contributed by atoms with Crippen LogP contribution in [0.5, 0.6) is 0 Å². The summed E-state index contributed by atoms with van der Waals surface area (Å²) in [6.45, 7) is 6.46. The molecule has 0 amide bonds. The molecule has 5 nitrogen and oxygen atoms in total. The summed E-state index contributed by atoms with van der Waals surface area (Å²) in [6, 6.07) is 7.55. The van der Waals surface area contributed by atoms with Crippen molar-refractivity contribution < 1.29 is 9.90 Å². The second kappa shape index (κ2) is 8.43. The van der Waals surface area contributed by atoms with Crippen LogP contribution in [-0.4, -0.2) is 31.5 Å². The van der Waals surface area contributed by atoms with Crippen molar-refractivity contribution in [2.24, 2.45) is 40.9 Å². The van der Waals surface area contributed by atoms with Crippen molar-refractivity contribution in [3.8, 4) is 0 Å². The van der Waals surface area contributed by atoms with Crippen LogP contribution in [0.25, 0.3) is 11.0 Å². The van der Waals surface area contributed by atoms with Crippen LogP contribution in [0, 0.1) is 40.9 Å². The Labute approximate surface area is 204 Å². The molecule has 2 aromatic rings. The first-order valence-corrected chi connectivity index (χ1v) is 13.3. The Balaban J connectivity index is 0.00000241. The van der Waals surface area contributed by atoms with Gasteiger partial charge in [0, 0.05) is 5.92 Å². The largest absolute Gasteiger partial charge is 0.390 e. The molecule has 0 saturated heterocycles. The summed E-state index contributed by atoms with van der Waals surface area (Å²) in [7, 11) is 0. The number of ketones is 1. The van der Waals surface area contributed by atoms with E-state index in [0.717, 1.165) is 48.0 Å². The van der Waals surface area contributed by atoms with Crippen molar-refractivity contribution in [2.75, 3.05) is 0 Å². The molecule has 0 spiro atoms. The fraction of sp³-hybridized carbons (Fsp3) is 0.759. The van der Waals surface area contributed by atoms with E-state index in [1.54, 1.807) is 4.80 Å². The maximum Gasteiger partial charge on any atom is 0.162 e. The highest BCUT2D eigenvalue weighted by Crippen LogP contribution is 2.65. The number of aliphatic hydroxyl groups is 1. The predicted octanol–water partition coefficient (Wildman–Crippen LogP) is 6.22. The van der Waals surface area contributed by atoms with E-state index >= 15 is 0 Å². The van der Waals surface area contributed by atoms with Gasteiger partial charge < -0.3 is 5.11 Å². The third-order valence-electron chi connectivity index (χ3n) is 10.6. The Kier molecular flexibility index (Phi) is 5.94. The van der Waals surface area contributed by atoms with Crippen molar-refractivity contribution in [3.05, 3.63) is 24.3 Å². The van der Waals surface area contributed by atoms with E-state index in [0.29, 0.717) is 17.6 Å². The van der Waals surface area contributed by atoms with Crippen molar-refractivity contribution in [3.63, 3.8) is 0 Å². The number of hydrogen-bond donors (Lipinski definition) is 1. The molecule has 0 aliphatic heterocycles. The molecule has 0 bridgehead atoms. The minimum absolute atomic E-state index is 0. The topological polar surface area (TPSA) is 68.0 Å². The van der Waals surface area contributed by atoms with Gasteiger partial charge in [0.05, 0.1) is 5.60 Å². The van der Waals surface area contributed by atoms with Crippen molar-refractivity contribution >= 4 is 16.8 Å². The summed E-state index contributed by atoms with van der Waals surface area (Å²) in [5.41, 5.74) is 1.38. The summed E-state index contributed by atoms with van der Waals surface area (Å²) in [5, 5.41) is 19.9. The molecule has 6 rings (SSSR count).